The molecule has 0 spiro atoms. The molecule has 0 amide bonds. The van der Waals surface area contributed by atoms with E-state index in [1.54, 1.807) is 0 Å². The molecule has 2 heterocycles. The molecule has 2 rings (SSSR count). The Morgan fingerprint density at radius 2 is 2.39 bits per heavy atom. The minimum absolute atomic E-state index is 0.0235. The Kier molecular flexibility index (Phi) is 4.40. The van der Waals surface area contributed by atoms with Crippen LogP contribution >= 0.6 is 11.6 Å². The molecule has 0 aromatic carbocycles. The van der Waals surface area contributed by atoms with E-state index in [1.165, 1.54) is 0 Å². The zero-order chi connectivity index (χ0) is 13.1. The summed E-state index contributed by atoms with van der Waals surface area (Å²) in [5, 5.41) is 4.95. The molecule has 0 aliphatic carbocycles. The highest BCUT2D eigenvalue weighted by Gasteiger charge is 2.24. The number of ether oxygens (including phenoxy) is 1. The number of Topliss-reactive ketones (excluding diaryl/α,β-unsaturated/α-hetero) is 1. The van der Waals surface area contributed by atoms with Gasteiger partial charge in [-0.2, -0.15) is 5.10 Å². The van der Waals surface area contributed by atoms with Crippen molar-refractivity contribution in [2.45, 2.75) is 39.7 Å². The van der Waals surface area contributed by atoms with E-state index in [-0.39, 0.29) is 11.7 Å². The minimum atomic E-state index is 0.0235. The topological polar surface area (TPSA) is 44.1 Å². The van der Waals surface area contributed by atoms with Gasteiger partial charge in [-0.3, -0.25) is 9.48 Å². The van der Waals surface area contributed by atoms with Gasteiger partial charge in [-0.25, -0.2) is 0 Å². The van der Waals surface area contributed by atoms with Crippen LogP contribution in [-0.2, 0) is 22.5 Å². The third kappa shape index (κ3) is 2.75. The van der Waals surface area contributed by atoms with Crippen molar-refractivity contribution in [2.75, 3.05) is 13.2 Å². The molecule has 5 heteroatoms. The van der Waals surface area contributed by atoms with Gasteiger partial charge in [0.2, 0.25) is 0 Å². The predicted molar refractivity (Wildman–Crippen MR) is 69.9 cm³/mol. The van der Waals surface area contributed by atoms with Crippen LogP contribution in [0.15, 0.2) is 0 Å². The first-order valence-electron chi connectivity index (χ1n) is 6.45. The van der Waals surface area contributed by atoms with Crippen molar-refractivity contribution in [3.05, 3.63) is 16.4 Å². The number of aromatic nitrogens is 2. The highest BCUT2D eigenvalue weighted by atomic mass is 35.5. The molecule has 1 aromatic rings. The molecule has 0 saturated carbocycles. The molecule has 0 bridgehead atoms. The molecular weight excluding hydrogens is 252 g/mol. The fourth-order valence-corrected chi connectivity index (χ4v) is 2.54. The number of carbonyl (C=O) groups is 1. The molecule has 1 fully saturated rings. The molecule has 1 aromatic heterocycles. The highest BCUT2D eigenvalue weighted by molar-refractivity contribution is 6.32. The SMILES string of the molecule is CCn1nc(C)c(Cl)c1CC(=O)C1CCCOC1. The Labute approximate surface area is 112 Å². The Bertz CT molecular complexity index is 436. The van der Waals surface area contributed by atoms with Crippen LogP contribution in [0.2, 0.25) is 5.02 Å². The van der Waals surface area contributed by atoms with E-state index in [0.29, 0.717) is 18.1 Å². The summed E-state index contributed by atoms with van der Waals surface area (Å²) in [7, 11) is 0. The van der Waals surface area contributed by atoms with Crippen molar-refractivity contribution in [2.24, 2.45) is 5.92 Å². The third-order valence-corrected chi connectivity index (χ3v) is 3.90. The first kappa shape index (κ1) is 13.6. The molecule has 1 saturated heterocycles. The van der Waals surface area contributed by atoms with Crippen molar-refractivity contribution in [3.63, 3.8) is 0 Å². The van der Waals surface area contributed by atoms with E-state index in [2.05, 4.69) is 5.10 Å². The second-order valence-electron chi connectivity index (χ2n) is 4.72. The summed E-state index contributed by atoms with van der Waals surface area (Å²) < 4.78 is 7.18. The fourth-order valence-electron chi connectivity index (χ4n) is 2.34. The second kappa shape index (κ2) is 5.85. The number of hydrogen-bond acceptors (Lipinski definition) is 3. The largest absolute Gasteiger partial charge is 0.381 e. The first-order valence-corrected chi connectivity index (χ1v) is 6.83. The summed E-state index contributed by atoms with van der Waals surface area (Å²) in [6.07, 6.45) is 2.26. The van der Waals surface area contributed by atoms with E-state index in [1.807, 2.05) is 18.5 Å². The van der Waals surface area contributed by atoms with Crippen LogP contribution in [0.3, 0.4) is 0 Å². The average molecular weight is 271 g/mol. The maximum Gasteiger partial charge on any atom is 0.144 e. The summed E-state index contributed by atoms with van der Waals surface area (Å²) in [6, 6.07) is 0. The quantitative estimate of drug-likeness (QED) is 0.844. The van der Waals surface area contributed by atoms with Crippen LogP contribution in [0.1, 0.15) is 31.2 Å². The summed E-state index contributed by atoms with van der Waals surface area (Å²) >= 11 is 6.21. The Morgan fingerprint density at radius 1 is 1.61 bits per heavy atom. The molecule has 1 aliphatic rings. The number of nitrogens with zero attached hydrogens (tertiary/aromatic N) is 2. The maximum atomic E-state index is 12.2. The number of ketones is 1. The lowest BCUT2D eigenvalue weighted by atomic mass is 9.94. The van der Waals surface area contributed by atoms with Crippen LogP contribution in [0.5, 0.6) is 0 Å². The first-order chi connectivity index (χ1) is 8.63. The average Bonchev–Trinajstić information content (AvgIpc) is 2.67. The number of hydrogen-bond donors (Lipinski definition) is 0. The van der Waals surface area contributed by atoms with Crippen molar-refractivity contribution < 1.29 is 9.53 Å². The van der Waals surface area contributed by atoms with Crippen LogP contribution in [-0.4, -0.2) is 28.8 Å². The number of halogens is 1. The Morgan fingerprint density at radius 3 is 3.00 bits per heavy atom. The van der Waals surface area contributed by atoms with Crippen molar-refractivity contribution >= 4 is 17.4 Å². The van der Waals surface area contributed by atoms with Gasteiger partial charge in [0.05, 0.1) is 29.4 Å². The van der Waals surface area contributed by atoms with E-state index in [4.69, 9.17) is 16.3 Å². The Balaban J connectivity index is 2.10. The van der Waals surface area contributed by atoms with Gasteiger partial charge >= 0.3 is 0 Å². The maximum absolute atomic E-state index is 12.2. The Hall–Kier alpha value is -0.870. The molecule has 0 N–H and O–H groups in total. The van der Waals surface area contributed by atoms with Crippen LogP contribution in [0.4, 0.5) is 0 Å². The fraction of sp³-hybridized carbons (Fsp3) is 0.692. The molecule has 100 valence electrons. The molecule has 1 aliphatic heterocycles. The van der Waals surface area contributed by atoms with Crippen molar-refractivity contribution in [3.8, 4) is 0 Å². The summed E-state index contributed by atoms with van der Waals surface area (Å²) in [6.45, 7) is 5.93. The van der Waals surface area contributed by atoms with Gasteiger partial charge in [-0.1, -0.05) is 11.6 Å². The highest BCUT2D eigenvalue weighted by Crippen LogP contribution is 2.23. The lowest BCUT2D eigenvalue weighted by Crippen LogP contribution is -2.27. The van der Waals surface area contributed by atoms with Crippen LogP contribution in [0, 0.1) is 12.8 Å². The summed E-state index contributed by atoms with van der Waals surface area (Å²) in [5.74, 6) is 0.238. The molecular formula is C13H19ClN2O2. The van der Waals surface area contributed by atoms with Gasteiger partial charge in [-0.05, 0) is 26.7 Å². The zero-order valence-electron chi connectivity index (χ0n) is 10.9. The summed E-state index contributed by atoms with van der Waals surface area (Å²) in [5.41, 5.74) is 1.63. The number of aryl methyl sites for hydroxylation is 2. The van der Waals surface area contributed by atoms with Gasteiger partial charge in [0.15, 0.2) is 0 Å². The lowest BCUT2D eigenvalue weighted by molar-refractivity contribution is -0.126. The van der Waals surface area contributed by atoms with E-state index in [0.717, 1.165) is 37.4 Å². The van der Waals surface area contributed by atoms with Crippen LogP contribution < -0.4 is 0 Å². The standard InChI is InChI=1S/C13H19ClN2O2/c1-3-16-11(13(14)9(2)15-16)7-12(17)10-5-4-6-18-8-10/h10H,3-8H2,1-2H3. The van der Waals surface area contributed by atoms with Crippen molar-refractivity contribution in [1.29, 1.82) is 0 Å². The molecule has 0 radical (unpaired) electrons. The monoisotopic (exact) mass is 270 g/mol. The second-order valence-corrected chi connectivity index (χ2v) is 5.10. The molecule has 1 unspecified atom stereocenters. The number of rotatable bonds is 4. The van der Waals surface area contributed by atoms with E-state index >= 15 is 0 Å². The van der Waals surface area contributed by atoms with Gasteiger partial charge in [0, 0.05) is 19.1 Å². The van der Waals surface area contributed by atoms with Gasteiger partial charge in [-0.15, -0.1) is 0 Å². The van der Waals surface area contributed by atoms with E-state index < -0.39 is 0 Å². The normalized spacial score (nSPS) is 20.1. The van der Waals surface area contributed by atoms with E-state index in [9.17, 15) is 4.79 Å². The van der Waals surface area contributed by atoms with Gasteiger partial charge < -0.3 is 4.74 Å². The third-order valence-electron chi connectivity index (χ3n) is 3.41. The molecule has 18 heavy (non-hydrogen) atoms. The number of carbonyl (C=O) groups excluding carboxylic acids is 1. The van der Waals surface area contributed by atoms with Crippen LogP contribution in [0.25, 0.3) is 0 Å². The van der Waals surface area contributed by atoms with Gasteiger partial charge in [0.1, 0.15) is 5.78 Å². The molecule has 4 nitrogen and oxygen atoms in total. The lowest BCUT2D eigenvalue weighted by Gasteiger charge is -2.20. The van der Waals surface area contributed by atoms with Crippen molar-refractivity contribution in [1.82, 2.24) is 9.78 Å². The minimum Gasteiger partial charge on any atom is -0.381 e. The zero-order valence-corrected chi connectivity index (χ0v) is 11.7. The predicted octanol–water partition coefficient (Wildman–Crippen LogP) is 2.40. The van der Waals surface area contributed by atoms with Gasteiger partial charge in [0.25, 0.3) is 0 Å². The smallest absolute Gasteiger partial charge is 0.144 e. The summed E-state index contributed by atoms with van der Waals surface area (Å²) in [4.78, 5) is 12.2. The molecule has 1 atom stereocenters.